The molecule has 0 spiro atoms. The quantitative estimate of drug-likeness (QED) is 0.786. The number of carbonyl (C=O) groups excluding carboxylic acids is 1. The summed E-state index contributed by atoms with van der Waals surface area (Å²) in [7, 11) is -3.51. The Balaban J connectivity index is 1.62. The number of piperazine rings is 1. The number of rotatable bonds is 5. The van der Waals surface area contributed by atoms with Crippen LogP contribution in [0.25, 0.3) is 0 Å². The topological polar surface area (TPSA) is 57.7 Å². The van der Waals surface area contributed by atoms with E-state index in [1.165, 1.54) is 4.31 Å². The number of amides is 1. The van der Waals surface area contributed by atoms with Crippen molar-refractivity contribution >= 4 is 27.3 Å². The van der Waals surface area contributed by atoms with Crippen molar-refractivity contribution in [2.24, 2.45) is 0 Å². The van der Waals surface area contributed by atoms with Crippen molar-refractivity contribution in [3.8, 4) is 0 Å². The van der Waals surface area contributed by atoms with Crippen LogP contribution in [0, 0.1) is 0 Å². The minimum Gasteiger partial charge on any atom is -0.340 e. The fourth-order valence-electron chi connectivity index (χ4n) is 3.03. The molecule has 1 fully saturated rings. The molecule has 0 saturated carbocycles. The van der Waals surface area contributed by atoms with Crippen molar-refractivity contribution < 1.29 is 13.2 Å². The molecule has 26 heavy (non-hydrogen) atoms. The van der Waals surface area contributed by atoms with Crippen molar-refractivity contribution in [3.05, 3.63) is 52.2 Å². The lowest BCUT2D eigenvalue weighted by atomic mass is 10.0. The molecular weight excluding hydrogens is 368 g/mol. The first-order chi connectivity index (χ1) is 12.4. The lowest BCUT2D eigenvalue weighted by Crippen LogP contribution is -2.50. The average molecular weight is 393 g/mol. The summed E-state index contributed by atoms with van der Waals surface area (Å²) >= 11 is 1.57. The zero-order valence-corrected chi connectivity index (χ0v) is 16.7. The Morgan fingerprint density at radius 1 is 1.08 bits per heavy atom. The van der Waals surface area contributed by atoms with Gasteiger partial charge in [-0.25, -0.2) is 8.42 Å². The highest BCUT2D eigenvalue weighted by molar-refractivity contribution is 7.89. The molecule has 140 valence electrons. The van der Waals surface area contributed by atoms with E-state index in [0.717, 1.165) is 10.4 Å². The Morgan fingerprint density at radius 2 is 1.73 bits per heavy atom. The number of thiophene rings is 1. The molecule has 0 radical (unpaired) electrons. The molecule has 1 aliphatic heterocycles. The number of benzene rings is 1. The predicted molar refractivity (Wildman–Crippen MR) is 104 cm³/mol. The van der Waals surface area contributed by atoms with Crippen LogP contribution in [0.5, 0.6) is 0 Å². The Bertz CT molecular complexity index is 835. The standard InChI is InChI=1S/C19H24N2O3S2/c1-15(2)16-5-7-18(8-6-16)26(23,24)21-11-9-20(10-12-21)19(22)14-17-4-3-13-25-17/h3-8,13,15H,9-12,14H2,1-2H3. The van der Waals surface area contributed by atoms with Crippen LogP contribution < -0.4 is 0 Å². The SMILES string of the molecule is CC(C)c1ccc(S(=O)(=O)N2CCN(C(=O)Cc3cccs3)CC2)cc1. The van der Waals surface area contributed by atoms with Gasteiger partial charge in [-0.3, -0.25) is 4.79 Å². The van der Waals surface area contributed by atoms with Gasteiger partial charge in [-0.15, -0.1) is 11.3 Å². The van der Waals surface area contributed by atoms with Gasteiger partial charge in [0.1, 0.15) is 0 Å². The summed E-state index contributed by atoms with van der Waals surface area (Å²) in [6, 6.07) is 11.0. The fourth-order valence-corrected chi connectivity index (χ4v) is 5.14. The highest BCUT2D eigenvalue weighted by atomic mass is 32.2. The second kappa shape index (κ2) is 7.90. The lowest BCUT2D eigenvalue weighted by Gasteiger charge is -2.34. The first-order valence-corrected chi connectivity index (χ1v) is 11.1. The monoisotopic (exact) mass is 392 g/mol. The molecular formula is C19H24N2O3S2. The van der Waals surface area contributed by atoms with Crippen LogP contribution in [0.2, 0.25) is 0 Å². The molecule has 0 aliphatic carbocycles. The van der Waals surface area contributed by atoms with Crippen LogP contribution in [-0.2, 0) is 21.2 Å². The molecule has 3 rings (SSSR count). The van der Waals surface area contributed by atoms with Gasteiger partial charge in [0.25, 0.3) is 0 Å². The molecule has 0 N–H and O–H groups in total. The Hall–Kier alpha value is -1.70. The Labute approximate surface area is 159 Å². The smallest absolute Gasteiger partial charge is 0.243 e. The zero-order valence-electron chi connectivity index (χ0n) is 15.1. The van der Waals surface area contributed by atoms with Crippen molar-refractivity contribution in [3.63, 3.8) is 0 Å². The van der Waals surface area contributed by atoms with Crippen molar-refractivity contribution in [1.29, 1.82) is 0 Å². The van der Waals surface area contributed by atoms with Crippen molar-refractivity contribution in [1.82, 2.24) is 9.21 Å². The van der Waals surface area contributed by atoms with E-state index in [0.29, 0.717) is 43.4 Å². The first-order valence-electron chi connectivity index (χ1n) is 8.78. The van der Waals surface area contributed by atoms with Crippen LogP contribution in [0.3, 0.4) is 0 Å². The third kappa shape index (κ3) is 4.16. The largest absolute Gasteiger partial charge is 0.340 e. The minimum absolute atomic E-state index is 0.0609. The number of hydrogen-bond acceptors (Lipinski definition) is 4. The van der Waals surface area contributed by atoms with Crippen LogP contribution in [0.4, 0.5) is 0 Å². The first kappa shape index (κ1) is 19.1. The molecule has 1 amide bonds. The number of carbonyl (C=O) groups is 1. The maximum Gasteiger partial charge on any atom is 0.243 e. The van der Waals surface area contributed by atoms with Gasteiger partial charge in [-0.05, 0) is 35.1 Å². The molecule has 0 bridgehead atoms. The maximum atomic E-state index is 12.8. The molecule has 2 heterocycles. The molecule has 7 heteroatoms. The van der Waals surface area contributed by atoms with Gasteiger partial charge in [-0.2, -0.15) is 4.31 Å². The maximum absolute atomic E-state index is 12.8. The van der Waals surface area contributed by atoms with Crippen LogP contribution in [0.1, 0.15) is 30.2 Å². The van der Waals surface area contributed by atoms with Gasteiger partial charge in [0.05, 0.1) is 11.3 Å². The summed E-state index contributed by atoms with van der Waals surface area (Å²) in [5.74, 6) is 0.426. The summed E-state index contributed by atoms with van der Waals surface area (Å²) in [6.45, 7) is 5.71. The van der Waals surface area contributed by atoms with Crippen LogP contribution >= 0.6 is 11.3 Å². The second-order valence-corrected chi connectivity index (χ2v) is 9.73. The fraction of sp³-hybridized carbons (Fsp3) is 0.421. The highest BCUT2D eigenvalue weighted by Gasteiger charge is 2.30. The summed E-state index contributed by atoms with van der Waals surface area (Å²) < 4.78 is 27.1. The van der Waals surface area contributed by atoms with Crippen molar-refractivity contribution in [2.75, 3.05) is 26.2 Å². The van der Waals surface area contributed by atoms with E-state index in [-0.39, 0.29) is 5.91 Å². The molecule has 1 saturated heterocycles. The van der Waals surface area contributed by atoms with Gasteiger partial charge >= 0.3 is 0 Å². The summed E-state index contributed by atoms with van der Waals surface area (Å²) in [6.07, 6.45) is 0.390. The van der Waals surface area contributed by atoms with E-state index >= 15 is 0 Å². The van der Waals surface area contributed by atoms with E-state index < -0.39 is 10.0 Å². The van der Waals surface area contributed by atoms with E-state index in [1.54, 1.807) is 28.4 Å². The Morgan fingerprint density at radius 3 is 2.27 bits per heavy atom. The average Bonchev–Trinajstić information content (AvgIpc) is 3.15. The minimum atomic E-state index is -3.51. The third-order valence-corrected chi connectivity index (χ3v) is 7.47. The normalized spacial score (nSPS) is 16.2. The molecule has 5 nitrogen and oxygen atoms in total. The molecule has 0 unspecified atom stereocenters. The zero-order chi connectivity index (χ0) is 18.7. The van der Waals surface area contributed by atoms with E-state index in [9.17, 15) is 13.2 Å². The van der Waals surface area contributed by atoms with Gasteiger partial charge in [-0.1, -0.05) is 32.0 Å². The highest BCUT2D eigenvalue weighted by Crippen LogP contribution is 2.21. The molecule has 1 aromatic carbocycles. The number of sulfonamides is 1. The molecule has 0 atom stereocenters. The van der Waals surface area contributed by atoms with Gasteiger partial charge in [0.2, 0.25) is 15.9 Å². The van der Waals surface area contributed by atoms with Gasteiger partial charge < -0.3 is 4.90 Å². The van der Waals surface area contributed by atoms with Crippen LogP contribution in [-0.4, -0.2) is 49.7 Å². The van der Waals surface area contributed by atoms with E-state index in [2.05, 4.69) is 13.8 Å². The summed E-state index contributed by atoms with van der Waals surface area (Å²) in [5, 5.41) is 1.96. The molecule has 1 aliphatic rings. The molecule has 1 aromatic heterocycles. The van der Waals surface area contributed by atoms with Gasteiger partial charge in [0, 0.05) is 31.1 Å². The van der Waals surface area contributed by atoms with E-state index in [1.807, 2.05) is 29.6 Å². The second-order valence-electron chi connectivity index (χ2n) is 6.76. The number of hydrogen-bond donors (Lipinski definition) is 0. The van der Waals surface area contributed by atoms with E-state index in [4.69, 9.17) is 0 Å². The predicted octanol–water partition coefficient (Wildman–Crippen LogP) is 2.95. The van der Waals surface area contributed by atoms with Crippen molar-refractivity contribution in [2.45, 2.75) is 31.1 Å². The molecule has 2 aromatic rings. The number of nitrogens with zero attached hydrogens (tertiary/aromatic N) is 2. The third-order valence-electron chi connectivity index (χ3n) is 4.68. The summed E-state index contributed by atoms with van der Waals surface area (Å²) in [4.78, 5) is 15.5. The lowest BCUT2D eigenvalue weighted by molar-refractivity contribution is -0.131. The van der Waals surface area contributed by atoms with Crippen LogP contribution in [0.15, 0.2) is 46.7 Å². The Kier molecular flexibility index (Phi) is 5.79. The van der Waals surface area contributed by atoms with Gasteiger partial charge in [0.15, 0.2) is 0 Å². The summed E-state index contributed by atoms with van der Waals surface area (Å²) in [5.41, 5.74) is 1.12.